The molecular formula is C15H18N2O4. The minimum atomic E-state index is -0.717. The van der Waals surface area contributed by atoms with Crippen molar-refractivity contribution in [2.45, 2.75) is 19.0 Å². The fourth-order valence-electron chi connectivity index (χ4n) is 2.05. The molecule has 2 aromatic rings. The number of nitrogens with two attached hydrogens (primary N) is 1. The van der Waals surface area contributed by atoms with Crippen LogP contribution in [-0.4, -0.2) is 34.1 Å². The molecule has 0 aliphatic rings. The Kier molecular flexibility index (Phi) is 4.49. The van der Waals surface area contributed by atoms with Crippen molar-refractivity contribution < 1.29 is 19.4 Å². The minimum absolute atomic E-state index is 0.198. The Bertz CT molecular complexity index is 610. The van der Waals surface area contributed by atoms with Gasteiger partial charge in [-0.2, -0.15) is 0 Å². The van der Waals surface area contributed by atoms with Gasteiger partial charge in [-0.15, -0.1) is 0 Å². The summed E-state index contributed by atoms with van der Waals surface area (Å²) in [5, 5.41) is 18.7. The average Bonchev–Trinajstić information content (AvgIpc) is 2.94. The fourth-order valence-corrected chi connectivity index (χ4v) is 2.05. The molecule has 1 aromatic carbocycles. The van der Waals surface area contributed by atoms with Gasteiger partial charge < -0.3 is 25.3 Å². The summed E-state index contributed by atoms with van der Waals surface area (Å²) >= 11 is 0. The van der Waals surface area contributed by atoms with Crippen LogP contribution in [0, 0.1) is 0 Å². The van der Waals surface area contributed by atoms with Gasteiger partial charge in [-0.25, -0.2) is 0 Å². The highest BCUT2D eigenvalue weighted by molar-refractivity contribution is 5.81. The molecule has 112 valence electrons. The molecule has 0 aliphatic heterocycles. The zero-order valence-electron chi connectivity index (χ0n) is 11.7. The Hall–Kier alpha value is -2.47. The van der Waals surface area contributed by atoms with Crippen LogP contribution < -0.4 is 5.73 Å². The number of hydrogen-bond donors (Lipinski definition) is 3. The molecule has 0 saturated heterocycles. The normalized spacial score (nSPS) is 12.1. The maximum Gasteiger partial charge on any atom is 0.239 e. The Balaban J connectivity index is 1.96. The largest absolute Gasteiger partial charge is 0.504 e. The second-order valence-electron chi connectivity index (χ2n) is 4.96. The number of phenolic OH excluding ortho intramolecular Hbond substituents is 2. The van der Waals surface area contributed by atoms with Crippen LogP contribution in [0.15, 0.2) is 41.2 Å². The van der Waals surface area contributed by atoms with E-state index in [1.165, 1.54) is 17.0 Å². The Morgan fingerprint density at radius 2 is 2.05 bits per heavy atom. The number of rotatable bonds is 5. The summed E-state index contributed by atoms with van der Waals surface area (Å²) in [7, 11) is 1.67. The van der Waals surface area contributed by atoms with Gasteiger partial charge in [0.2, 0.25) is 5.91 Å². The summed E-state index contributed by atoms with van der Waals surface area (Å²) < 4.78 is 4.95. The van der Waals surface area contributed by atoms with Crippen LogP contribution in [0.5, 0.6) is 11.5 Å². The number of carbonyl (C=O) groups excluding carboxylic acids is 1. The Labute approximate surface area is 122 Å². The van der Waals surface area contributed by atoms with Crippen LogP contribution >= 0.6 is 0 Å². The first-order valence-electron chi connectivity index (χ1n) is 6.50. The highest BCUT2D eigenvalue weighted by Gasteiger charge is 2.19. The van der Waals surface area contributed by atoms with E-state index in [0.29, 0.717) is 12.1 Å². The average molecular weight is 290 g/mol. The lowest BCUT2D eigenvalue weighted by molar-refractivity contribution is -0.131. The van der Waals surface area contributed by atoms with E-state index in [0.717, 1.165) is 5.56 Å². The number of phenols is 2. The molecule has 4 N–H and O–H groups in total. The number of aromatic hydroxyl groups is 2. The van der Waals surface area contributed by atoms with Gasteiger partial charge in [0.1, 0.15) is 0 Å². The van der Waals surface area contributed by atoms with Gasteiger partial charge in [0.05, 0.1) is 18.6 Å². The predicted molar refractivity (Wildman–Crippen MR) is 76.6 cm³/mol. The lowest BCUT2D eigenvalue weighted by atomic mass is 10.0. The highest BCUT2D eigenvalue weighted by atomic mass is 16.3. The van der Waals surface area contributed by atoms with E-state index in [1.54, 1.807) is 31.7 Å². The molecule has 0 radical (unpaired) electrons. The zero-order chi connectivity index (χ0) is 15.4. The van der Waals surface area contributed by atoms with Gasteiger partial charge in [0, 0.05) is 19.2 Å². The van der Waals surface area contributed by atoms with Crippen molar-refractivity contribution in [3.05, 3.63) is 47.9 Å². The van der Waals surface area contributed by atoms with Crippen LogP contribution in [0.3, 0.4) is 0 Å². The lowest BCUT2D eigenvalue weighted by Crippen LogP contribution is -2.42. The van der Waals surface area contributed by atoms with E-state index in [2.05, 4.69) is 0 Å². The van der Waals surface area contributed by atoms with E-state index in [9.17, 15) is 15.0 Å². The third kappa shape index (κ3) is 3.76. The van der Waals surface area contributed by atoms with Crippen LogP contribution in [0.1, 0.15) is 11.1 Å². The molecule has 0 unspecified atom stereocenters. The van der Waals surface area contributed by atoms with Crippen LogP contribution in [0.4, 0.5) is 0 Å². The van der Waals surface area contributed by atoms with Crippen molar-refractivity contribution in [2.24, 2.45) is 5.73 Å². The lowest BCUT2D eigenvalue weighted by Gasteiger charge is -2.20. The van der Waals surface area contributed by atoms with Gasteiger partial charge in [-0.1, -0.05) is 6.07 Å². The van der Waals surface area contributed by atoms with Gasteiger partial charge >= 0.3 is 0 Å². The van der Waals surface area contributed by atoms with Gasteiger partial charge in [0.15, 0.2) is 11.5 Å². The van der Waals surface area contributed by atoms with Crippen molar-refractivity contribution in [3.63, 3.8) is 0 Å². The molecule has 1 heterocycles. The predicted octanol–water partition coefficient (Wildman–Crippen LogP) is 1.22. The summed E-state index contributed by atoms with van der Waals surface area (Å²) in [5.41, 5.74) is 7.48. The molecule has 0 saturated carbocycles. The van der Waals surface area contributed by atoms with Crippen molar-refractivity contribution >= 4 is 5.91 Å². The molecule has 2 rings (SSSR count). The number of benzene rings is 1. The summed E-state index contributed by atoms with van der Waals surface area (Å²) in [6.45, 7) is 0.420. The van der Waals surface area contributed by atoms with E-state index in [-0.39, 0.29) is 23.8 Å². The maximum atomic E-state index is 12.2. The van der Waals surface area contributed by atoms with Gasteiger partial charge in [0.25, 0.3) is 0 Å². The second-order valence-corrected chi connectivity index (χ2v) is 4.96. The van der Waals surface area contributed by atoms with Crippen LogP contribution in [0.25, 0.3) is 0 Å². The van der Waals surface area contributed by atoms with E-state index < -0.39 is 6.04 Å². The van der Waals surface area contributed by atoms with E-state index in [4.69, 9.17) is 10.2 Å². The smallest absolute Gasteiger partial charge is 0.239 e. The first kappa shape index (κ1) is 14.9. The van der Waals surface area contributed by atoms with Gasteiger partial charge in [-0.05, 0) is 30.2 Å². The fraction of sp³-hybridized carbons (Fsp3) is 0.267. The molecule has 0 fully saturated rings. The van der Waals surface area contributed by atoms with Gasteiger partial charge in [-0.3, -0.25) is 4.79 Å². The maximum absolute atomic E-state index is 12.2. The third-order valence-corrected chi connectivity index (χ3v) is 3.19. The van der Waals surface area contributed by atoms with E-state index >= 15 is 0 Å². The summed E-state index contributed by atoms with van der Waals surface area (Å²) in [6, 6.07) is 5.46. The number of carbonyl (C=O) groups is 1. The number of furan rings is 1. The summed E-state index contributed by atoms with van der Waals surface area (Å²) in [5.74, 6) is -0.626. The first-order chi connectivity index (χ1) is 9.97. The van der Waals surface area contributed by atoms with Crippen molar-refractivity contribution in [3.8, 4) is 11.5 Å². The Morgan fingerprint density at radius 1 is 1.29 bits per heavy atom. The second kappa shape index (κ2) is 6.32. The quantitative estimate of drug-likeness (QED) is 0.719. The number of likely N-dealkylation sites (N-methyl/N-ethyl adjacent to an activating group) is 1. The van der Waals surface area contributed by atoms with Crippen molar-refractivity contribution in [2.75, 3.05) is 7.05 Å². The summed E-state index contributed by atoms with van der Waals surface area (Å²) in [6.07, 6.45) is 3.41. The molecular weight excluding hydrogens is 272 g/mol. The standard InChI is InChI=1S/C15H18N2O4/c1-17(8-11-4-5-21-9-11)15(20)12(16)6-10-2-3-13(18)14(19)7-10/h2-5,7,9,12,18-19H,6,8,16H2,1H3/t12-/m0/s1. The Morgan fingerprint density at radius 3 is 2.67 bits per heavy atom. The van der Waals surface area contributed by atoms with E-state index in [1.807, 2.05) is 0 Å². The number of amides is 1. The molecule has 0 bridgehead atoms. The van der Waals surface area contributed by atoms with Crippen molar-refractivity contribution in [1.29, 1.82) is 0 Å². The SMILES string of the molecule is CN(Cc1ccoc1)C(=O)[C@@H](N)Cc1ccc(O)c(O)c1. The molecule has 1 atom stereocenters. The monoisotopic (exact) mass is 290 g/mol. The first-order valence-corrected chi connectivity index (χ1v) is 6.50. The molecule has 21 heavy (non-hydrogen) atoms. The number of hydrogen-bond acceptors (Lipinski definition) is 5. The van der Waals surface area contributed by atoms with Crippen LogP contribution in [-0.2, 0) is 17.8 Å². The third-order valence-electron chi connectivity index (χ3n) is 3.19. The highest BCUT2D eigenvalue weighted by Crippen LogP contribution is 2.25. The molecule has 6 heteroatoms. The summed E-state index contributed by atoms with van der Waals surface area (Å²) in [4.78, 5) is 13.7. The molecule has 1 aromatic heterocycles. The van der Waals surface area contributed by atoms with Crippen molar-refractivity contribution in [1.82, 2.24) is 4.90 Å². The topological polar surface area (TPSA) is 99.9 Å². The molecule has 1 amide bonds. The zero-order valence-corrected chi connectivity index (χ0v) is 11.7. The molecule has 0 spiro atoms. The molecule has 6 nitrogen and oxygen atoms in total. The molecule has 0 aliphatic carbocycles. The van der Waals surface area contributed by atoms with Crippen LogP contribution in [0.2, 0.25) is 0 Å². The number of nitrogens with zero attached hydrogens (tertiary/aromatic N) is 1. The minimum Gasteiger partial charge on any atom is -0.504 e.